The predicted molar refractivity (Wildman–Crippen MR) is 102 cm³/mol. The lowest BCUT2D eigenvalue weighted by Gasteiger charge is -2.23. The molecule has 1 N–H and O–H groups in total. The molecule has 4 heteroatoms. The Kier molecular flexibility index (Phi) is 5.91. The first-order valence-corrected chi connectivity index (χ1v) is 9.85. The fourth-order valence-electron chi connectivity index (χ4n) is 3.36. The summed E-state index contributed by atoms with van der Waals surface area (Å²) in [6.45, 7) is 4.84. The SMILES string of the molecule is CCN(CCCNC(=O)c1csc2c1CCCC2)c1ccccc1. The van der Waals surface area contributed by atoms with Gasteiger partial charge in [0.25, 0.3) is 5.91 Å². The summed E-state index contributed by atoms with van der Waals surface area (Å²) in [6.07, 6.45) is 5.66. The van der Waals surface area contributed by atoms with Crippen molar-refractivity contribution in [1.82, 2.24) is 5.32 Å². The van der Waals surface area contributed by atoms with Gasteiger partial charge in [0.05, 0.1) is 5.56 Å². The van der Waals surface area contributed by atoms with E-state index in [2.05, 4.69) is 41.4 Å². The highest BCUT2D eigenvalue weighted by Gasteiger charge is 2.19. The normalized spacial score (nSPS) is 13.4. The molecule has 128 valence electrons. The zero-order valence-electron chi connectivity index (χ0n) is 14.4. The quantitative estimate of drug-likeness (QED) is 0.762. The van der Waals surface area contributed by atoms with Crippen LogP contribution in [0.2, 0.25) is 0 Å². The molecule has 0 saturated carbocycles. The number of thiophene rings is 1. The van der Waals surface area contributed by atoms with Crippen molar-refractivity contribution in [2.75, 3.05) is 24.5 Å². The first-order chi connectivity index (χ1) is 11.8. The molecule has 1 heterocycles. The Morgan fingerprint density at radius 3 is 2.79 bits per heavy atom. The molecule has 0 saturated heterocycles. The Labute approximate surface area is 148 Å². The van der Waals surface area contributed by atoms with Crippen LogP contribution in [0.3, 0.4) is 0 Å². The Morgan fingerprint density at radius 2 is 2.00 bits per heavy atom. The van der Waals surface area contributed by atoms with Gasteiger partial charge < -0.3 is 10.2 Å². The van der Waals surface area contributed by atoms with Crippen LogP contribution in [-0.4, -0.2) is 25.5 Å². The average Bonchev–Trinajstić information content (AvgIpc) is 3.06. The number of nitrogens with zero attached hydrogens (tertiary/aromatic N) is 1. The summed E-state index contributed by atoms with van der Waals surface area (Å²) in [5.74, 6) is 0.108. The molecule has 0 spiro atoms. The van der Waals surface area contributed by atoms with E-state index < -0.39 is 0 Å². The number of carbonyl (C=O) groups is 1. The van der Waals surface area contributed by atoms with Crippen molar-refractivity contribution in [2.45, 2.75) is 39.0 Å². The third-order valence-electron chi connectivity index (χ3n) is 4.70. The molecule has 0 unspecified atom stereocenters. The number of rotatable bonds is 7. The standard InChI is InChI=1S/C20H26N2OS/c1-2-22(16-9-4-3-5-10-16)14-8-13-21-20(23)18-15-24-19-12-7-6-11-17(18)19/h3-5,9-10,15H,2,6-8,11-14H2,1H3,(H,21,23). The van der Waals surface area contributed by atoms with Crippen molar-refractivity contribution in [3.8, 4) is 0 Å². The van der Waals surface area contributed by atoms with E-state index in [1.54, 1.807) is 11.3 Å². The van der Waals surface area contributed by atoms with Crippen LogP contribution in [0.25, 0.3) is 0 Å². The highest BCUT2D eigenvalue weighted by atomic mass is 32.1. The number of nitrogens with one attached hydrogen (secondary N) is 1. The van der Waals surface area contributed by atoms with Gasteiger partial charge in [-0.05, 0) is 56.7 Å². The first-order valence-electron chi connectivity index (χ1n) is 8.97. The molecule has 3 nitrogen and oxygen atoms in total. The zero-order chi connectivity index (χ0) is 16.8. The van der Waals surface area contributed by atoms with Crippen LogP contribution in [0.5, 0.6) is 0 Å². The van der Waals surface area contributed by atoms with Crippen molar-refractivity contribution in [3.63, 3.8) is 0 Å². The van der Waals surface area contributed by atoms with Crippen molar-refractivity contribution in [3.05, 3.63) is 51.7 Å². The van der Waals surface area contributed by atoms with Crippen molar-refractivity contribution in [2.24, 2.45) is 0 Å². The van der Waals surface area contributed by atoms with E-state index in [9.17, 15) is 4.79 Å². The summed E-state index contributed by atoms with van der Waals surface area (Å²) >= 11 is 1.76. The van der Waals surface area contributed by atoms with E-state index in [-0.39, 0.29) is 5.91 Å². The second-order valence-electron chi connectivity index (χ2n) is 6.28. The van der Waals surface area contributed by atoms with Crippen molar-refractivity contribution < 1.29 is 4.79 Å². The van der Waals surface area contributed by atoms with E-state index in [0.717, 1.165) is 44.5 Å². The Bertz CT molecular complexity index is 666. The number of aryl methyl sites for hydroxylation is 1. The third kappa shape index (κ3) is 3.99. The Hall–Kier alpha value is -1.81. The maximum Gasteiger partial charge on any atom is 0.252 e. The first kappa shape index (κ1) is 17.0. The van der Waals surface area contributed by atoms with Gasteiger partial charge in [0.15, 0.2) is 0 Å². The lowest BCUT2D eigenvalue weighted by atomic mass is 9.96. The zero-order valence-corrected chi connectivity index (χ0v) is 15.2. The molecule has 24 heavy (non-hydrogen) atoms. The minimum atomic E-state index is 0.108. The minimum absolute atomic E-state index is 0.108. The van der Waals surface area contributed by atoms with Crippen LogP contribution < -0.4 is 10.2 Å². The highest BCUT2D eigenvalue weighted by Crippen LogP contribution is 2.30. The molecule has 0 aliphatic heterocycles. The molecular formula is C20H26N2OS. The molecule has 2 aromatic rings. The van der Waals surface area contributed by atoms with Crippen LogP contribution in [0.1, 0.15) is 47.0 Å². The van der Waals surface area contributed by atoms with E-state index in [1.807, 2.05) is 11.4 Å². The topological polar surface area (TPSA) is 32.3 Å². The molecule has 1 aliphatic carbocycles. The van der Waals surface area contributed by atoms with Crippen LogP contribution in [0, 0.1) is 0 Å². The van der Waals surface area contributed by atoms with Gasteiger partial charge in [0, 0.05) is 35.6 Å². The molecule has 3 rings (SSSR count). The number of amides is 1. The number of para-hydroxylation sites is 1. The number of carbonyl (C=O) groups excluding carboxylic acids is 1. The van der Waals surface area contributed by atoms with Crippen LogP contribution in [0.15, 0.2) is 35.7 Å². The molecule has 1 aliphatic rings. The maximum absolute atomic E-state index is 12.4. The highest BCUT2D eigenvalue weighted by molar-refractivity contribution is 7.10. The van der Waals surface area contributed by atoms with Crippen LogP contribution >= 0.6 is 11.3 Å². The molecule has 1 aromatic carbocycles. The van der Waals surface area contributed by atoms with Crippen LogP contribution in [0.4, 0.5) is 5.69 Å². The van der Waals surface area contributed by atoms with Gasteiger partial charge in [0.2, 0.25) is 0 Å². The van der Waals surface area contributed by atoms with Gasteiger partial charge in [-0.1, -0.05) is 18.2 Å². The molecule has 0 radical (unpaired) electrons. The molecule has 1 amide bonds. The monoisotopic (exact) mass is 342 g/mol. The molecule has 0 atom stereocenters. The second-order valence-corrected chi connectivity index (χ2v) is 7.25. The summed E-state index contributed by atoms with van der Waals surface area (Å²) in [5.41, 5.74) is 3.48. The molecular weight excluding hydrogens is 316 g/mol. The van der Waals surface area contributed by atoms with Crippen molar-refractivity contribution >= 4 is 22.9 Å². The lowest BCUT2D eigenvalue weighted by molar-refractivity contribution is 0.0952. The third-order valence-corrected chi connectivity index (χ3v) is 5.79. The van der Waals surface area contributed by atoms with Gasteiger partial charge in [0.1, 0.15) is 0 Å². The van der Waals surface area contributed by atoms with E-state index >= 15 is 0 Å². The largest absolute Gasteiger partial charge is 0.372 e. The molecule has 0 bridgehead atoms. The minimum Gasteiger partial charge on any atom is -0.372 e. The number of hydrogen-bond acceptors (Lipinski definition) is 3. The predicted octanol–water partition coefficient (Wildman–Crippen LogP) is 4.27. The second kappa shape index (κ2) is 8.34. The van der Waals surface area contributed by atoms with Gasteiger partial charge in [-0.3, -0.25) is 4.79 Å². The van der Waals surface area contributed by atoms with Crippen LogP contribution in [-0.2, 0) is 12.8 Å². The van der Waals surface area contributed by atoms with E-state index in [4.69, 9.17) is 0 Å². The number of hydrogen-bond donors (Lipinski definition) is 1. The fraction of sp³-hybridized carbons (Fsp3) is 0.450. The maximum atomic E-state index is 12.4. The van der Waals surface area contributed by atoms with Gasteiger partial charge in [-0.25, -0.2) is 0 Å². The number of fused-ring (bicyclic) bond motifs is 1. The summed E-state index contributed by atoms with van der Waals surface area (Å²) in [5, 5.41) is 5.16. The summed E-state index contributed by atoms with van der Waals surface area (Å²) < 4.78 is 0. The van der Waals surface area contributed by atoms with Gasteiger partial charge >= 0.3 is 0 Å². The van der Waals surface area contributed by atoms with E-state index in [1.165, 1.54) is 29.0 Å². The molecule has 1 aromatic heterocycles. The summed E-state index contributed by atoms with van der Waals surface area (Å²) in [7, 11) is 0. The average molecular weight is 343 g/mol. The Morgan fingerprint density at radius 1 is 1.21 bits per heavy atom. The smallest absolute Gasteiger partial charge is 0.252 e. The number of anilines is 1. The summed E-state index contributed by atoms with van der Waals surface area (Å²) in [4.78, 5) is 16.2. The fourth-order valence-corrected chi connectivity index (χ4v) is 4.49. The number of benzene rings is 1. The molecule has 0 fully saturated rings. The Balaban J connectivity index is 1.48. The lowest BCUT2D eigenvalue weighted by Crippen LogP contribution is -2.30. The van der Waals surface area contributed by atoms with E-state index in [0.29, 0.717) is 0 Å². The van der Waals surface area contributed by atoms with Gasteiger partial charge in [-0.2, -0.15) is 0 Å². The summed E-state index contributed by atoms with van der Waals surface area (Å²) in [6, 6.07) is 10.5. The van der Waals surface area contributed by atoms with Gasteiger partial charge in [-0.15, -0.1) is 11.3 Å². The van der Waals surface area contributed by atoms with Crippen molar-refractivity contribution in [1.29, 1.82) is 0 Å².